The normalized spacial score (nSPS) is 16.6. The van der Waals surface area contributed by atoms with Crippen LogP contribution in [0.25, 0.3) is 6.08 Å². The Morgan fingerprint density at radius 2 is 1.74 bits per heavy atom. The molecule has 0 unspecified atom stereocenters. The summed E-state index contributed by atoms with van der Waals surface area (Å²) in [4.78, 5) is 12.1. The first kappa shape index (κ1) is 26.8. The van der Waals surface area contributed by atoms with Crippen LogP contribution in [0.1, 0.15) is 70.7 Å². The topological polar surface area (TPSA) is 74.2 Å². The van der Waals surface area contributed by atoms with E-state index in [4.69, 9.17) is 18.8 Å². The van der Waals surface area contributed by atoms with Crippen molar-refractivity contribution < 1.29 is 28.7 Å². The number of phenolic OH excluding ortho intramolecular Hbond substituents is 1. The molecule has 1 aliphatic rings. The third-order valence-electron chi connectivity index (χ3n) is 6.66. The molecule has 0 atom stereocenters. The average molecular weight is 480 g/mol. The fraction of sp³-hybridized carbons (Fsp3) is 0.464. The van der Waals surface area contributed by atoms with Crippen LogP contribution in [0.3, 0.4) is 0 Å². The molecule has 0 aromatic heterocycles. The summed E-state index contributed by atoms with van der Waals surface area (Å²) in [5.74, 6) is 0.487. The summed E-state index contributed by atoms with van der Waals surface area (Å²) >= 11 is 0. The van der Waals surface area contributed by atoms with Crippen molar-refractivity contribution in [3.8, 4) is 11.5 Å². The number of carbonyl (C=O) groups is 1. The predicted octanol–water partition coefficient (Wildman–Crippen LogP) is 4.97. The van der Waals surface area contributed by atoms with Gasteiger partial charge < -0.3 is 23.9 Å². The highest BCUT2D eigenvalue weighted by molar-refractivity contribution is 6.63. The summed E-state index contributed by atoms with van der Waals surface area (Å²) in [5.41, 5.74) is 2.91. The highest BCUT2D eigenvalue weighted by Crippen LogP contribution is 2.37. The van der Waals surface area contributed by atoms with Crippen molar-refractivity contribution in [2.45, 2.75) is 79.1 Å². The van der Waals surface area contributed by atoms with Gasteiger partial charge in [0.1, 0.15) is 18.1 Å². The number of benzene rings is 2. The number of hydrogen-bond donors (Lipinski definition) is 1. The van der Waals surface area contributed by atoms with Crippen LogP contribution >= 0.6 is 0 Å². The van der Waals surface area contributed by atoms with Crippen molar-refractivity contribution >= 4 is 24.6 Å². The zero-order valence-corrected chi connectivity index (χ0v) is 21.9. The number of aryl methyl sites for hydroxylation is 1. The van der Waals surface area contributed by atoms with E-state index in [-0.39, 0.29) is 24.7 Å². The first-order valence-corrected chi connectivity index (χ1v) is 12.3. The molecule has 1 fully saturated rings. The number of esters is 1. The molecule has 1 aliphatic heterocycles. The van der Waals surface area contributed by atoms with E-state index in [1.807, 2.05) is 77.1 Å². The number of carbonyl (C=O) groups excluding carboxylic acids is 1. The lowest BCUT2D eigenvalue weighted by Crippen LogP contribution is -2.41. The molecule has 1 N–H and O–H groups in total. The van der Waals surface area contributed by atoms with Gasteiger partial charge in [0.15, 0.2) is 0 Å². The van der Waals surface area contributed by atoms with E-state index < -0.39 is 18.3 Å². The van der Waals surface area contributed by atoms with E-state index in [1.165, 1.54) is 0 Å². The first-order valence-electron chi connectivity index (χ1n) is 12.3. The number of phenols is 1. The molecule has 1 heterocycles. The summed E-state index contributed by atoms with van der Waals surface area (Å²) in [6, 6.07) is 9.64. The monoisotopic (exact) mass is 480 g/mol. The van der Waals surface area contributed by atoms with Gasteiger partial charge in [0.25, 0.3) is 0 Å². The Labute approximate surface area is 209 Å². The maximum Gasteiger partial charge on any atom is 0.498 e. The number of hydrogen-bond acceptors (Lipinski definition) is 6. The lowest BCUT2D eigenvalue weighted by Gasteiger charge is -2.32. The third-order valence-corrected chi connectivity index (χ3v) is 6.66. The Hall–Kier alpha value is -2.77. The highest BCUT2D eigenvalue weighted by atomic mass is 16.7. The van der Waals surface area contributed by atoms with Gasteiger partial charge in [-0.3, -0.25) is 4.79 Å². The lowest BCUT2D eigenvalue weighted by atomic mass is 9.76. The average Bonchev–Trinajstić information content (AvgIpc) is 3.01. The maximum absolute atomic E-state index is 12.1. The first-order chi connectivity index (χ1) is 16.5. The fourth-order valence-corrected chi connectivity index (χ4v) is 3.91. The molecule has 0 spiro atoms. The van der Waals surface area contributed by atoms with E-state index in [0.29, 0.717) is 23.4 Å². The van der Waals surface area contributed by atoms with E-state index >= 15 is 0 Å². The van der Waals surface area contributed by atoms with Crippen molar-refractivity contribution in [3.63, 3.8) is 0 Å². The Morgan fingerprint density at radius 1 is 1.06 bits per heavy atom. The number of allylic oxidation sites excluding steroid dienone is 1. The Balaban J connectivity index is 1.92. The molecule has 2 aromatic rings. The van der Waals surface area contributed by atoms with Gasteiger partial charge in [-0.1, -0.05) is 37.3 Å². The van der Waals surface area contributed by atoms with Crippen LogP contribution in [-0.4, -0.2) is 36.0 Å². The SMILES string of the molecule is C/C=C\c1cc(COc2cc(CC)ccc2CC(=O)OCC)cc(B2OC(C)(C)C(C)(C)O2)c1O. The minimum atomic E-state index is -0.702. The summed E-state index contributed by atoms with van der Waals surface area (Å²) < 4.78 is 23.7. The van der Waals surface area contributed by atoms with Crippen LogP contribution in [0.2, 0.25) is 0 Å². The van der Waals surface area contributed by atoms with E-state index in [1.54, 1.807) is 6.92 Å². The Bertz CT molecular complexity index is 1070. The zero-order chi connectivity index (χ0) is 25.8. The van der Waals surface area contributed by atoms with Gasteiger partial charge in [-0.15, -0.1) is 0 Å². The summed E-state index contributed by atoms with van der Waals surface area (Å²) in [6.07, 6.45) is 4.71. The molecule has 2 aromatic carbocycles. The third kappa shape index (κ3) is 6.09. The van der Waals surface area contributed by atoms with Gasteiger partial charge >= 0.3 is 13.1 Å². The quantitative estimate of drug-likeness (QED) is 0.404. The molecular weight excluding hydrogens is 443 g/mol. The molecule has 0 bridgehead atoms. The van der Waals surface area contributed by atoms with Crippen molar-refractivity contribution in [2.75, 3.05) is 6.61 Å². The van der Waals surface area contributed by atoms with Crippen molar-refractivity contribution in [1.82, 2.24) is 0 Å². The van der Waals surface area contributed by atoms with Crippen LogP contribution in [-0.2, 0) is 38.3 Å². The minimum Gasteiger partial charge on any atom is -0.508 e. The van der Waals surface area contributed by atoms with Crippen LogP contribution in [0.5, 0.6) is 11.5 Å². The van der Waals surface area contributed by atoms with Gasteiger partial charge in [-0.05, 0) is 71.2 Å². The second kappa shape index (κ2) is 10.9. The standard InChI is InChI=1S/C28H37BO6/c1-8-11-22-14-20(15-23(26(22)31)29-34-27(4,5)28(6,7)35-29)18-33-24-16-19(9-2)12-13-21(24)17-25(30)32-10-3/h8,11-16,31H,9-10,17-18H2,1-7H3/b11-8-. The van der Waals surface area contributed by atoms with Crippen LogP contribution in [0.15, 0.2) is 36.4 Å². The molecule has 0 amide bonds. The highest BCUT2D eigenvalue weighted by Gasteiger charge is 2.52. The molecule has 0 aliphatic carbocycles. The van der Waals surface area contributed by atoms with Crippen molar-refractivity contribution in [1.29, 1.82) is 0 Å². The van der Waals surface area contributed by atoms with Gasteiger partial charge in [0.05, 0.1) is 24.2 Å². The molecule has 0 saturated carbocycles. The number of rotatable bonds is 9. The lowest BCUT2D eigenvalue weighted by molar-refractivity contribution is -0.142. The second-order valence-electron chi connectivity index (χ2n) is 9.78. The van der Waals surface area contributed by atoms with Gasteiger partial charge in [-0.25, -0.2) is 0 Å². The molecule has 1 saturated heterocycles. The molecule has 3 rings (SSSR count). The number of ether oxygens (including phenoxy) is 2. The Morgan fingerprint density at radius 3 is 2.34 bits per heavy atom. The Kier molecular flexibility index (Phi) is 8.34. The van der Waals surface area contributed by atoms with E-state index in [9.17, 15) is 9.90 Å². The molecular formula is C28H37BO6. The molecule has 6 nitrogen and oxygen atoms in total. The largest absolute Gasteiger partial charge is 0.508 e. The van der Waals surface area contributed by atoms with Gasteiger partial charge in [0.2, 0.25) is 0 Å². The van der Waals surface area contributed by atoms with Crippen LogP contribution < -0.4 is 10.2 Å². The summed E-state index contributed by atoms with van der Waals surface area (Å²) in [7, 11) is -0.702. The fourth-order valence-electron chi connectivity index (χ4n) is 3.91. The predicted molar refractivity (Wildman–Crippen MR) is 139 cm³/mol. The second-order valence-corrected chi connectivity index (χ2v) is 9.78. The summed E-state index contributed by atoms with van der Waals surface area (Å²) in [5, 5.41) is 11.0. The van der Waals surface area contributed by atoms with Gasteiger partial charge in [0, 0.05) is 16.6 Å². The molecule has 7 heteroatoms. The summed E-state index contributed by atoms with van der Waals surface area (Å²) in [6.45, 7) is 14.3. The molecule has 188 valence electrons. The zero-order valence-electron chi connectivity index (χ0n) is 21.9. The van der Waals surface area contributed by atoms with Crippen molar-refractivity contribution in [2.24, 2.45) is 0 Å². The van der Waals surface area contributed by atoms with Crippen LogP contribution in [0, 0.1) is 0 Å². The van der Waals surface area contributed by atoms with Crippen LogP contribution in [0.4, 0.5) is 0 Å². The molecule has 0 radical (unpaired) electrons. The minimum absolute atomic E-state index is 0.126. The van der Waals surface area contributed by atoms with Gasteiger partial charge in [-0.2, -0.15) is 0 Å². The number of aromatic hydroxyl groups is 1. The smallest absolute Gasteiger partial charge is 0.498 e. The maximum atomic E-state index is 12.1. The molecule has 35 heavy (non-hydrogen) atoms. The van der Waals surface area contributed by atoms with E-state index in [2.05, 4.69) is 6.92 Å². The van der Waals surface area contributed by atoms with Crippen molar-refractivity contribution in [3.05, 3.63) is 58.7 Å². The van der Waals surface area contributed by atoms with E-state index in [0.717, 1.165) is 23.1 Å².